The number of ether oxygens (including phenoxy) is 2. The molecule has 0 unspecified atom stereocenters. The third-order valence-electron chi connectivity index (χ3n) is 4.24. The molecule has 1 aromatic carbocycles. The van der Waals surface area contributed by atoms with Crippen LogP contribution in [0.5, 0.6) is 11.5 Å². The van der Waals surface area contributed by atoms with Gasteiger partial charge in [0.1, 0.15) is 11.9 Å². The molecule has 1 saturated heterocycles. The Bertz CT molecular complexity index is 727. The summed E-state index contributed by atoms with van der Waals surface area (Å²) < 4.78 is 11.8. The fourth-order valence-corrected chi connectivity index (χ4v) is 2.95. The summed E-state index contributed by atoms with van der Waals surface area (Å²) in [7, 11) is 0. The molecule has 132 valence electrons. The second kappa shape index (κ2) is 7.88. The Morgan fingerprint density at radius 1 is 1.24 bits per heavy atom. The Labute approximate surface area is 147 Å². The number of carbonyl (C=O) groups excluding carboxylic acids is 1. The van der Waals surface area contributed by atoms with Crippen LogP contribution in [0, 0.1) is 0 Å². The first-order valence-electron chi connectivity index (χ1n) is 8.56. The van der Waals surface area contributed by atoms with Gasteiger partial charge in [0.05, 0.1) is 6.61 Å². The van der Waals surface area contributed by atoms with E-state index in [0.717, 1.165) is 43.2 Å². The quantitative estimate of drug-likeness (QED) is 0.874. The molecule has 0 saturated carbocycles. The zero-order valence-corrected chi connectivity index (χ0v) is 14.4. The molecule has 0 aliphatic carbocycles. The van der Waals surface area contributed by atoms with Crippen LogP contribution in [0.3, 0.4) is 0 Å². The third-order valence-corrected chi connectivity index (χ3v) is 4.24. The van der Waals surface area contributed by atoms with Crippen LogP contribution >= 0.6 is 0 Å². The molecule has 6 nitrogen and oxygen atoms in total. The van der Waals surface area contributed by atoms with Crippen molar-refractivity contribution >= 4 is 11.7 Å². The normalized spacial score (nSPS) is 15.0. The number of para-hydroxylation sites is 2. The van der Waals surface area contributed by atoms with E-state index in [9.17, 15) is 4.79 Å². The van der Waals surface area contributed by atoms with Gasteiger partial charge in [0.15, 0.2) is 11.5 Å². The molecule has 3 rings (SSSR count). The number of aromatic nitrogens is 1. The molecule has 2 N–H and O–H groups in total. The molecular formula is C19H23N3O3. The lowest BCUT2D eigenvalue weighted by molar-refractivity contribution is 0.1000. The first-order chi connectivity index (χ1) is 12.2. The van der Waals surface area contributed by atoms with Crippen molar-refractivity contribution in [3.8, 4) is 11.5 Å². The molecule has 0 bridgehead atoms. The van der Waals surface area contributed by atoms with Gasteiger partial charge in [-0.2, -0.15) is 0 Å². The minimum atomic E-state index is -0.436. The number of nitrogens with two attached hydrogens (primary N) is 1. The van der Waals surface area contributed by atoms with Crippen LogP contribution < -0.4 is 20.1 Å². The number of rotatable bonds is 6. The summed E-state index contributed by atoms with van der Waals surface area (Å²) >= 11 is 0. The molecule has 2 heterocycles. The average molecular weight is 341 g/mol. The highest BCUT2D eigenvalue weighted by atomic mass is 16.5. The van der Waals surface area contributed by atoms with Crippen LogP contribution in [0.2, 0.25) is 0 Å². The van der Waals surface area contributed by atoms with Crippen molar-refractivity contribution < 1.29 is 14.3 Å². The van der Waals surface area contributed by atoms with Gasteiger partial charge in [-0.25, -0.2) is 4.98 Å². The largest absolute Gasteiger partial charge is 0.490 e. The minimum absolute atomic E-state index is 0.136. The Morgan fingerprint density at radius 2 is 1.96 bits per heavy atom. The van der Waals surface area contributed by atoms with Crippen LogP contribution in [0.25, 0.3) is 0 Å². The van der Waals surface area contributed by atoms with Crippen LogP contribution in [0.1, 0.15) is 30.1 Å². The molecule has 1 amide bonds. The van der Waals surface area contributed by atoms with Gasteiger partial charge in [-0.3, -0.25) is 4.79 Å². The molecule has 25 heavy (non-hydrogen) atoms. The van der Waals surface area contributed by atoms with Crippen molar-refractivity contribution in [3.63, 3.8) is 0 Å². The van der Waals surface area contributed by atoms with E-state index in [1.807, 2.05) is 31.2 Å². The summed E-state index contributed by atoms with van der Waals surface area (Å²) in [6.45, 7) is 4.20. The van der Waals surface area contributed by atoms with Crippen molar-refractivity contribution in [1.29, 1.82) is 0 Å². The first-order valence-corrected chi connectivity index (χ1v) is 8.56. The SMILES string of the molecule is CCOc1ccccc1OC1CCN(c2cc(C(N)=O)ccn2)CC1. The van der Waals surface area contributed by atoms with E-state index in [1.165, 1.54) is 0 Å². The van der Waals surface area contributed by atoms with Gasteiger partial charge < -0.3 is 20.1 Å². The number of anilines is 1. The minimum Gasteiger partial charge on any atom is -0.490 e. The predicted molar refractivity (Wildman–Crippen MR) is 96.2 cm³/mol. The van der Waals surface area contributed by atoms with Crippen molar-refractivity contribution in [2.24, 2.45) is 5.73 Å². The lowest BCUT2D eigenvalue weighted by Gasteiger charge is -2.33. The number of primary amides is 1. The summed E-state index contributed by atoms with van der Waals surface area (Å²) in [4.78, 5) is 17.8. The summed E-state index contributed by atoms with van der Waals surface area (Å²) in [5, 5.41) is 0. The highest BCUT2D eigenvalue weighted by Crippen LogP contribution is 2.30. The van der Waals surface area contributed by atoms with Crippen molar-refractivity contribution in [2.75, 3.05) is 24.6 Å². The van der Waals surface area contributed by atoms with Crippen molar-refractivity contribution in [2.45, 2.75) is 25.9 Å². The first kappa shape index (κ1) is 17.1. The van der Waals surface area contributed by atoms with E-state index in [1.54, 1.807) is 18.3 Å². The third kappa shape index (κ3) is 4.21. The Morgan fingerprint density at radius 3 is 2.64 bits per heavy atom. The highest BCUT2D eigenvalue weighted by Gasteiger charge is 2.22. The molecule has 6 heteroatoms. The van der Waals surface area contributed by atoms with Gasteiger partial charge in [-0.1, -0.05) is 12.1 Å². The number of benzene rings is 1. The highest BCUT2D eigenvalue weighted by molar-refractivity contribution is 5.93. The van der Waals surface area contributed by atoms with Crippen molar-refractivity contribution in [3.05, 3.63) is 48.2 Å². The Balaban J connectivity index is 1.61. The number of carbonyl (C=O) groups is 1. The lowest BCUT2D eigenvalue weighted by atomic mass is 10.1. The van der Waals surface area contributed by atoms with E-state index in [2.05, 4.69) is 9.88 Å². The van der Waals surface area contributed by atoms with Gasteiger partial charge in [-0.15, -0.1) is 0 Å². The van der Waals surface area contributed by atoms with Gasteiger partial charge in [0, 0.05) is 37.7 Å². The summed E-state index contributed by atoms with van der Waals surface area (Å²) in [6.07, 6.45) is 3.51. The Kier molecular flexibility index (Phi) is 5.38. The Hall–Kier alpha value is -2.76. The maximum absolute atomic E-state index is 11.3. The number of nitrogens with zero attached hydrogens (tertiary/aromatic N) is 2. The monoisotopic (exact) mass is 341 g/mol. The van der Waals surface area contributed by atoms with E-state index in [4.69, 9.17) is 15.2 Å². The molecule has 0 spiro atoms. The molecule has 1 aromatic heterocycles. The number of pyridine rings is 1. The average Bonchev–Trinajstić information content (AvgIpc) is 2.64. The fourth-order valence-electron chi connectivity index (χ4n) is 2.95. The molecule has 0 radical (unpaired) electrons. The standard InChI is InChI=1S/C19H23N3O3/c1-2-24-16-5-3-4-6-17(16)25-15-8-11-22(12-9-15)18-13-14(19(20)23)7-10-21-18/h3-7,10,13,15H,2,8-9,11-12H2,1H3,(H2,20,23). The maximum Gasteiger partial charge on any atom is 0.248 e. The van der Waals surface area contributed by atoms with Crippen molar-refractivity contribution in [1.82, 2.24) is 4.98 Å². The summed E-state index contributed by atoms with van der Waals surface area (Å²) in [5.41, 5.74) is 5.82. The topological polar surface area (TPSA) is 77.7 Å². The summed E-state index contributed by atoms with van der Waals surface area (Å²) in [5.74, 6) is 1.92. The van der Waals surface area contributed by atoms with Gasteiger partial charge in [-0.05, 0) is 31.2 Å². The number of piperidine rings is 1. The van der Waals surface area contributed by atoms with Crippen LogP contribution in [0.15, 0.2) is 42.6 Å². The summed E-state index contributed by atoms with van der Waals surface area (Å²) in [6, 6.07) is 11.1. The van der Waals surface area contributed by atoms with Crippen LogP contribution in [0.4, 0.5) is 5.82 Å². The molecule has 2 aromatic rings. The zero-order chi connectivity index (χ0) is 17.6. The predicted octanol–water partition coefficient (Wildman–Crippen LogP) is 2.63. The second-order valence-electron chi connectivity index (χ2n) is 5.95. The van der Waals surface area contributed by atoms with Gasteiger partial charge >= 0.3 is 0 Å². The smallest absolute Gasteiger partial charge is 0.248 e. The second-order valence-corrected chi connectivity index (χ2v) is 5.95. The molecular weight excluding hydrogens is 318 g/mol. The van der Waals surface area contributed by atoms with Gasteiger partial charge in [0.2, 0.25) is 5.91 Å². The number of hydrogen-bond donors (Lipinski definition) is 1. The van der Waals surface area contributed by atoms with Crippen LogP contribution in [-0.4, -0.2) is 36.7 Å². The molecule has 1 fully saturated rings. The van der Waals surface area contributed by atoms with E-state index >= 15 is 0 Å². The zero-order valence-electron chi connectivity index (χ0n) is 14.4. The fraction of sp³-hybridized carbons (Fsp3) is 0.368. The maximum atomic E-state index is 11.3. The van der Waals surface area contributed by atoms with E-state index < -0.39 is 5.91 Å². The van der Waals surface area contributed by atoms with Gasteiger partial charge in [0.25, 0.3) is 0 Å². The number of hydrogen-bond acceptors (Lipinski definition) is 5. The lowest BCUT2D eigenvalue weighted by Crippen LogP contribution is -2.38. The van der Waals surface area contributed by atoms with E-state index in [-0.39, 0.29) is 6.10 Å². The van der Waals surface area contributed by atoms with Crippen LogP contribution in [-0.2, 0) is 0 Å². The number of amides is 1. The molecule has 1 aliphatic heterocycles. The van der Waals surface area contributed by atoms with E-state index in [0.29, 0.717) is 12.2 Å². The molecule has 0 atom stereocenters. The molecule has 1 aliphatic rings.